The maximum Gasteiger partial charge on any atom is 0.273 e. The quantitative estimate of drug-likeness (QED) is 0.552. The lowest BCUT2D eigenvalue weighted by Gasteiger charge is -1.70. The molecule has 1 aromatic rings. The number of rotatable bonds is 0. The molecule has 0 aliphatic rings. The van der Waals surface area contributed by atoms with Gasteiger partial charge in [0.25, 0.3) is 5.24 Å². The minimum absolute atomic E-state index is 0.639. The first kappa shape index (κ1) is 8.97. The normalized spacial score (nSPS) is 7.30. The van der Waals surface area contributed by atoms with Crippen molar-refractivity contribution in [2.75, 3.05) is 0 Å². The molecule has 0 atom stereocenters. The summed E-state index contributed by atoms with van der Waals surface area (Å²) in [6, 6.07) is 5.72. The highest BCUT2D eigenvalue weighted by atomic mass is 32.1. The molecule has 0 unspecified atom stereocenters. The average molecular weight is 156 g/mol. The number of nitrogens with two attached hydrogens (primary N) is 1. The van der Waals surface area contributed by atoms with Crippen LogP contribution in [0.15, 0.2) is 30.6 Å². The summed E-state index contributed by atoms with van der Waals surface area (Å²) in [6.45, 7) is 0. The molecular weight excluding hydrogens is 148 g/mol. The highest BCUT2D eigenvalue weighted by Gasteiger charge is 1.63. The molecule has 10 heavy (non-hydrogen) atoms. The van der Waals surface area contributed by atoms with Crippen LogP contribution in [0.1, 0.15) is 0 Å². The van der Waals surface area contributed by atoms with Gasteiger partial charge in [-0.05, 0) is 12.1 Å². The number of hydrogen-bond donors (Lipinski definition) is 2. The second-order valence-electron chi connectivity index (χ2n) is 1.36. The van der Waals surface area contributed by atoms with Crippen molar-refractivity contribution < 1.29 is 4.79 Å². The number of thiol groups is 1. The molecule has 1 amide bonds. The summed E-state index contributed by atoms with van der Waals surface area (Å²) in [5.41, 5.74) is 4.34. The van der Waals surface area contributed by atoms with Crippen LogP contribution in [0.2, 0.25) is 0 Å². The largest absolute Gasteiger partial charge is 0.361 e. The number of aromatic nitrogens is 1. The van der Waals surface area contributed by atoms with E-state index in [1.165, 1.54) is 0 Å². The lowest BCUT2D eigenvalue weighted by Crippen LogP contribution is -1.95. The second kappa shape index (κ2) is 6.10. The zero-order chi connectivity index (χ0) is 7.82. The molecule has 1 heterocycles. The van der Waals surface area contributed by atoms with Crippen molar-refractivity contribution in [1.82, 2.24) is 4.98 Å². The summed E-state index contributed by atoms with van der Waals surface area (Å²) in [7, 11) is 0. The monoisotopic (exact) mass is 156 g/mol. The van der Waals surface area contributed by atoms with E-state index in [2.05, 4.69) is 23.3 Å². The van der Waals surface area contributed by atoms with Gasteiger partial charge in [-0.2, -0.15) is 0 Å². The molecular formula is C6H8N2OS. The molecule has 1 aromatic heterocycles. The van der Waals surface area contributed by atoms with Gasteiger partial charge in [0.05, 0.1) is 0 Å². The van der Waals surface area contributed by atoms with Gasteiger partial charge in [0.1, 0.15) is 0 Å². The molecule has 0 aliphatic carbocycles. The van der Waals surface area contributed by atoms with Gasteiger partial charge in [-0.15, -0.1) is 0 Å². The standard InChI is InChI=1S/C5H5N.CH3NOS/c1-2-4-6-5-3-1;2-1(3)4/h1-5H;(H3,2,3,4). The van der Waals surface area contributed by atoms with Gasteiger partial charge in [0, 0.05) is 12.4 Å². The van der Waals surface area contributed by atoms with Crippen molar-refractivity contribution in [2.24, 2.45) is 5.73 Å². The van der Waals surface area contributed by atoms with E-state index in [4.69, 9.17) is 4.79 Å². The van der Waals surface area contributed by atoms with Crippen LogP contribution in [0.5, 0.6) is 0 Å². The van der Waals surface area contributed by atoms with Gasteiger partial charge in [-0.25, -0.2) is 0 Å². The van der Waals surface area contributed by atoms with E-state index in [0.717, 1.165) is 0 Å². The lowest BCUT2D eigenvalue weighted by atomic mass is 10.5. The van der Waals surface area contributed by atoms with Gasteiger partial charge < -0.3 is 5.73 Å². The molecule has 3 nitrogen and oxygen atoms in total. The third-order valence-corrected chi connectivity index (χ3v) is 0.566. The Bertz CT molecular complexity index is 148. The molecule has 2 N–H and O–H groups in total. The Balaban J connectivity index is 0.000000180. The molecule has 4 heteroatoms. The molecule has 0 fully saturated rings. The van der Waals surface area contributed by atoms with Crippen LogP contribution >= 0.6 is 12.6 Å². The first-order valence-electron chi connectivity index (χ1n) is 2.57. The zero-order valence-corrected chi connectivity index (χ0v) is 6.16. The molecule has 0 spiro atoms. The zero-order valence-electron chi connectivity index (χ0n) is 5.27. The highest BCUT2D eigenvalue weighted by Crippen LogP contribution is 1.73. The number of pyridine rings is 1. The van der Waals surface area contributed by atoms with Gasteiger partial charge in [-0.3, -0.25) is 9.78 Å². The molecule has 0 aliphatic heterocycles. The minimum Gasteiger partial charge on any atom is -0.361 e. The van der Waals surface area contributed by atoms with E-state index in [0.29, 0.717) is 0 Å². The molecule has 0 bridgehead atoms. The Hall–Kier alpha value is -1.03. The van der Waals surface area contributed by atoms with Crippen molar-refractivity contribution in [2.45, 2.75) is 0 Å². The van der Waals surface area contributed by atoms with Crippen LogP contribution in [0.4, 0.5) is 4.79 Å². The van der Waals surface area contributed by atoms with Crippen molar-refractivity contribution in [3.63, 3.8) is 0 Å². The Labute approximate surface area is 64.7 Å². The number of nitrogens with zero attached hydrogens (tertiary/aromatic N) is 1. The van der Waals surface area contributed by atoms with Crippen molar-refractivity contribution in [3.8, 4) is 0 Å². The summed E-state index contributed by atoms with van der Waals surface area (Å²) in [5, 5.41) is -0.639. The Morgan fingerprint density at radius 1 is 1.30 bits per heavy atom. The molecule has 0 saturated heterocycles. The van der Waals surface area contributed by atoms with E-state index in [1.54, 1.807) is 12.4 Å². The van der Waals surface area contributed by atoms with Gasteiger partial charge >= 0.3 is 0 Å². The summed E-state index contributed by atoms with van der Waals surface area (Å²) >= 11 is 3.10. The third-order valence-electron chi connectivity index (χ3n) is 0.566. The predicted octanol–water partition coefficient (Wildman–Crippen LogP) is 1.08. The van der Waals surface area contributed by atoms with E-state index in [1.807, 2.05) is 18.2 Å². The second-order valence-corrected chi connectivity index (χ2v) is 1.80. The van der Waals surface area contributed by atoms with Crippen molar-refractivity contribution in [3.05, 3.63) is 30.6 Å². The number of carbonyl (C=O) groups is 1. The fourth-order valence-electron chi connectivity index (χ4n) is 0.313. The van der Waals surface area contributed by atoms with Gasteiger partial charge in [-0.1, -0.05) is 18.7 Å². The Morgan fingerprint density at radius 2 is 1.70 bits per heavy atom. The van der Waals surface area contributed by atoms with E-state index in [9.17, 15) is 0 Å². The maximum absolute atomic E-state index is 9.09. The van der Waals surface area contributed by atoms with Crippen molar-refractivity contribution >= 4 is 17.9 Å². The highest BCUT2D eigenvalue weighted by molar-refractivity contribution is 7.96. The van der Waals surface area contributed by atoms with Crippen LogP contribution in [0.3, 0.4) is 0 Å². The third kappa shape index (κ3) is 10.1. The summed E-state index contributed by atoms with van der Waals surface area (Å²) in [5.74, 6) is 0. The smallest absolute Gasteiger partial charge is 0.273 e. The fraction of sp³-hybridized carbons (Fsp3) is 0. The Morgan fingerprint density at radius 3 is 1.80 bits per heavy atom. The first-order chi connectivity index (χ1) is 4.73. The number of carbonyl (C=O) groups excluding carboxylic acids is 1. The van der Waals surface area contributed by atoms with Crippen LogP contribution in [-0.4, -0.2) is 10.2 Å². The van der Waals surface area contributed by atoms with E-state index < -0.39 is 5.24 Å². The lowest BCUT2D eigenvalue weighted by molar-refractivity contribution is 0.267. The number of hydrogen-bond acceptors (Lipinski definition) is 2. The summed E-state index contributed by atoms with van der Waals surface area (Å²) < 4.78 is 0. The van der Waals surface area contributed by atoms with Crippen LogP contribution in [-0.2, 0) is 0 Å². The van der Waals surface area contributed by atoms with Crippen LogP contribution in [0, 0.1) is 0 Å². The fourth-order valence-corrected chi connectivity index (χ4v) is 0.313. The molecule has 1 rings (SSSR count). The van der Waals surface area contributed by atoms with E-state index in [-0.39, 0.29) is 0 Å². The summed E-state index contributed by atoms with van der Waals surface area (Å²) in [4.78, 5) is 12.9. The molecule has 0 radical (unpaired) electrons. The molecule has 54 valence electrons. The Kier molecular flexibility index (Phi) is 5.47. The molecule has 0 saturated carbocycles. The summed E-state index contributed by atoms with van der Waals surface area (Å²) in [6.07, 6.45) is 3.50. The average Bonchev–Trinajstić information content (AvgIpc) is 1.90. The number of primary amides is 1. The SMILES string of the molecule is NC(=O)S.c1ccncc1. The van der Waals surface area contributed by atoms with E-state index >= 15 is 0 Å². The maximum atomic E-state index is 9.09. The number of amides is 1. The topological polar surface area (TPSA) is 56.0 Å². The molecule has 0 aromatic carbocycles. The predicted molar refractivity (Wildman–Crippen MR) is 42.8 cm³/mol. The van der Waals surface area contributed by atoms with Crippen molar-refractivity contribution in [1.29, 1.82) is 0 Å². The van der Waals surface area contributed by atoms with Gasteiger partial charge in [0.15, 0.2) is 0 Å². The van der Waals surface area contributed by atoms with Gasteiger partial charge in [0.2, 0.25) is 0 Å². The van der Waals surface area contributed by atoms with Crippen LogP contribution < -0.4 is 5.73 Å². The minimum atomic E-state index is -0.639. The first-order valence-corrected chi connectivity index (χ1v) is 3.01. The van der Waals surface area contributed by atoms with Crippen LogP contribution in [0.25, 0.3) is 0 Å².